The fraction of sp³-hybridized carbons (Fsp3) is 0.500. The Morgan fingerprint density at radius 1 is 1.50 bits per heavy atom. The lowest BCUT2D eigenvalue weighted by Crippen LogP contribution is -2.38. The zero-order valence-corrected chi connectivity index (χ0v) is 6.68. The van der Waals surface area contributed by atoms with Gasteiger partial charge in [-0.15, -0.1) is 0 Å². The van der Waals surface area contributed by atoms with Crippen molar-refractivity contribution in [3.63, 3.8) is 0 Å². The van der Waals surface area contributed by atoms with Gasteiger partial charge in [-0.05, 0) is 0 Å². The van der Waals surface area contributed by atoms with Crippen molar-refractivity contribution in [3.8, 4) is 0 Å². The largest absolute Gasteiger partial charge is 0.444 e. The van der Waals surface area contributed by atoms with Crippen molar-refractivity contribution in [2.75, 3.05) is 7.05 Å². The highest BCUT2D eigenvalue weighted by molar-refractivity contribution is 7.80. The van der Waals surface area contributed by atoms with E-state index in [1.807, 2.05) is 5.32 Å². The van der Waals surface area contributed by atoms with Crippen molar-refractivity contribution < 1.29 is 22.8 Å². The first kappa shape index (κ1) is 11.0. The number of nitrogens with one attached hydrogen (secondary N) is 2. The average Bonchev–Trinajstić information content (AvgIpc) is 1.97. The monoisotopic (exact) mass is 202 g/mol. The second-order valence-corrected chi connectivity index (χ2v) is 1.98. The van der Waals surface area contributed by atoms with Gasteiger partial charge in [0, 0.05) is 7.05 Å². The van der Waals surface area contributed by atoms with Gasteiger partial charge in [0.2, 0.25) is 4.99 Å². The van der Waals surface area contributed by atoms with Gasteiger partial charge in [-0.2, -0.15) is 13.2 Å². The zero-order chi connectivity index (χ0) is 9.78. The first-order valence-corrected chi connectivity index (χ1v) is 3.04. The average molecular weight is 202 g/mol. The molecule has 0 aliphatic rings. The summed E-state index contributed by atoms with van der Waals surface area (Å²) in [6.45, 7) is 0. The smallest absolute Gasteiger partial charge is 0.323 e. The summed E-state index contributed by atoms with van der Waals surface area (Å²) in [4.78, 5) is 12.5. The van der Waals surface area contributed by atoms with E-state index >= 15 is 0 Å². The van der Waals surface area contributed by atoms with Crippen LogP contribution >= 0.6 is 12.2 Å². The Labute approximate surface area is 71.0 Å². The van der Waals surface area contributed by atoms with Crippen molar-refractivity contribution in [1.82, 2.24) is 10.8 Å². The molecule has 2 N–H and O–H groups in total. The number of thiocarbonyl (C=S) groups is 1. The highest BCUT2D eigenvalue weighted by atomic mass is 32.1. The third-order valence-electron chi connectivity index (χ3n) is 0.698. The molecule has 12 heavy (non-hydrogen) atoms. The Balaban J connectivity index is 3.81. The quantitative estimate of drug-likeness (QED) is 0.449. The number of rotatable bonds is 0. The van der Waals surface area contributed by atoms with Gasteiger partial charge in [-0.3, -0.25) is 0 Å². The molecule has 0 bridgehead atoms. The molecule has 0 aromatic heterocycles. The molecule has 0 rings (SSSR count). The Kier molecular flexibility index (Phi) is 3.74. The van der Waals surface area contributed by atoms with Crippen molar-refractivity contribution in [2.45, 2.75) is 6.18 Å². The summed E-state index contributed by atoms with van der Waals surface area (Å²) in [7, 11) is 1.20. The fourth-order valence-corrected chi connectivity index (χ4v) is 0.243. The highest BCUT2D eigenvalue weighted by Crippen LogP contribution is 2.15. The minimum Gasteiger partial charge on any atom is -0.323 e. The van der Waals surface area contributed by atoms with E-state index in [9.17, 15) is 18.0 Å². The van der Waals surface area contributed by atoms with Crippen LogP contribution in [-0.2, 0) is 4.84 Å². The van der Waals surface area contributed by atoms with Crippen molar-refractivity contribution in [1.29, 1.82) is 0 Å². The lowest BCUT2D eigenvalue weighted by atomic mass is 10.7. The van der Waals surface area contributed by atoms with Crippen LogP contribution in [-0.4, -0.2) is 24.3 Å². The summed E-state index contributed by atoms with van der Waals surface area (Å²) in [6, 6.07) is 0. The van der Waals surface area contributed by atoms with Gasteiger partial charge >= 0.3 is 12.3 Å². The third kappa shape index (κ3) is 3.96. The second-order valence-electron chi connectivity index (χ2n) is 1.57. The van der Waals surface area contributed by atoms with Gasteiger partial charge in [0.1, 0.15) is 0 Å². The van der Waals surface area contributed by atoms with Crippen LogP contribution in [0.3, 0.4) is 0 Å². The van der Waals surface area contributed by atoms with Crippen molar-refractivity contribution in [2.24, 2.45) is 0 Å². The van der Waals surface area contributed by atoms with Gasteiger partial charge in [0.05, 0.1) is 0 Å². The number of carbonyl (C=O) groups is 1. The Morgan fingerprint density at radius 2 is 2.00 bits per heavy atom. The summed E-state index contributed by atoms with van der Waals surface area (Å²) < 4.78 is 34.8. The van der Waals surface area contributed by atoms with Gasteiger partial charge in [0.15, 0.2) is 0 Å². The number of halogens is 3. The predicted octanol–water partition coefficient (Wildman–Crippen LogP) is 0.737. The van der Waals surface area contributed by atoms with Crippen LogP contribution in [0.4, 0.5) is 18.0 Å². The Bertz CT molecular complexity index is 193. The van der Waals surface area contributed by atoms with Crippen LogP contribution in [0.2, 0.25) is 0 Å². The number of hydroxylamine groups is 1. The summed E-state index contributed by atoms with van der Waals surface area (Å²) in [5.41, 5.74) is 1.27. The molecular weight excluding hydrogens is 197 g/mol. The fourth-order valence-electron chi connectivity index (χ4n) is 0.202. The normalized spacial score (nSPS) is 10.3. The number of carbonyl (C=O) groups excluding carboxylic acids is 1. The van der Waals surface area contributed by atoms with E-state index in [0.717, 1.165) is 0 Å². The van der Waals surface area contributed by atoms with Crippen LogP contribution < -0.4 is 10.8 Å². The lowest BCUT2D eigenvalue weighted by molar-refractivity contribution is -0.0652. The molecule has 0 aromatic carbocycles. The molecule has 0 atom stereocenters. The highest BCUT2D eigenvalue weighted by Gasteiger charge is 2.35. The van der Waals surface area contributed by atoms with Crippen LogP contribution in [0, 0.1) is 0 Å². The number of amides is 1. The third-order valence-corrected chi connectivity index (χ3v) is 1.01. The molecule has 0 saturated heterocycles. The summed E-state index contributed by atoms with van der Waals surface area (Å²) in [5.74, 6) is 0. The molecule has 0 heterocycles. The molecule has 4 nitrogen and oxygen atoms in total. The maximum atomic E-state index is 11.6. The molecule has 0 aromatic rings. The van der Waals surface area contributed by atoms with Gasteiger partial charge < -0.3 is 10.2 Å². The molecule has 0 unspecified atom stereocenters. The predicted molar refractivity (Wildman–Crippen MR) is 37.3 cm³/mol. The van der Waals surface area contributed by atoms with Crippen LogP contribution in [0.25, 0.3) is 0 Å². The van der Waals surface area contributed by atoms with Crippen LogP contribution in [0.1, 0.15) is 0 Å². The SMILES string of the molecule is CNC(=O)ONC(=S)C(F)(F)F. The van der Waals surface area contributed by atoms with Crippen LogP contribution in [0.15, 0.2) is 0 Å². The molecule has 0 saturated carbocycles. The maximum Gasteiger partial charge on any atom is 0.444 e. The van der Waals surface area contributed by atoms with E-state index in [1.54, 1.807) is 0 Å². The maximum absolute atomic E-state index is 11.6. The molecule has 0 radical (unpaired) electrons. The van der Waals surface area contributed by atoms with Gasteiger partial charge in [-0.25, -0.2) is 10.3 Å². The first-order valence-electron chi connectivity index (χ1n) is 2.63. The van der Waals surface area contributed by atoms with E-state index in [1.165, 1.54) is 12.5 Å². The van der Waals surface area contributed by atoms with Crippen molar-refractivity contribution >= 4 is 23.3 Å². The van der Waals surface area contributed by atoms with E-state index in [-0.39, 0.29) is 0 Å². The zero-order valence-electron chi connectivity index (χ0n) is 5.86. The molecule has 1 amide bonds. The standard InChI is InChI=1S/C4H5F3N2O2S/c1-8-3(10)11-9-2(12)4(5,6)7/h1H3,(H,8,10)(H,9,12). The minimum atomic E-state index is -4.69. The molecule has 8 heteroatoms. The van der Waals surface area contributed by atoms with E-state index in [4.69, 9.17) is 0 Å². The van der Waals surface area contributed by atoms with Gasteiger partial charge in [0.25, 0.3) is 0 Å². The Morgan fingerprint density at radius 3 is 2.33 bits per heavy atom. The van der Waals surface area contributed by atoms with Crippen LogP contribution in [0.5, 0.6) is 0 Å². The molecule has 0 spiro atoms. The molecule has 0 fully saturated rings. The minimum absolute atomic E-state index is 1.05. The first-order chi connectivity index (χ1) is 5.38. The summed E-state index contributed by atoms with van der Waals surface area (Å²) >= 11 is 3.82. The number of hydrogen-bond acceptors (Lipinski definition) is 3. The summed E-state index contributed by atoms with van der Waals surface area (Å²) in [5, 5.41) is 1.92. The lowest BCUT2D eigenvalue weighted by Gasteiger charge is -2.09. The van der Waals surface area contributed by atoms with E-state index < -0.39 is 17.3 Å². The molecular formula is C4H5F3N2O2S. The molecule has 70 valence electrons. The number of alkyl halides is 3. The van der Waals surface area contributed by atoms with E-state index in [2.05, 4.69) is 17.1 Å². The topological polar surface area (TPSA) is 50.4 Å². The van der Waals surface area contributed by atoms with Crippen molar-refractivity contribution in [3.05, 3.63) is 0 Å². The molecule has 0 aliphatic carbocycles. The molecule has 0 aliphatic heterocycles. The summed E-state index contributed by atoms with van der Waals surface area (Å²) in [6.07, 6.45) is -5.75. The Hall–Kier alpha value is -1.05. The second kappa shape index (κ2) is 4.10. The van der Waals surface area contributed by atoms with E-state index in [0.29, 0.717) is 0 Å². The van der Waals surface area contributed by atoms with Gasteiger partial charge in [-0.1, -0.05) is 12.2 Å². The number of hydrogen-bond donors (Lipinski definition) is 2.